The van der Waals surface area contributed by atoms with Crippen molar-refractivity contribution in [2.75, 3.05) is 0 Å². The molecular formula is C13H20ClFN2. The maximum Gasteiger partial charge on any atom is 0.123 e. The van der Waals surface area contributed by atoms with Crippen LogP contribution in [0.25, 0.3) is 0 Å². The van der Waals surface area contributed by atoms with Crippen molar-refractivity contribution in [1.29, 1.82) is 0 Å². The number of nitrogens with one attached hydrogen (secondary N) is 1. The minimum Gasteiger partial charge on any atom is -0.271 e. The molecule has 1 unspecified atom stereocenters. The SMILES string of the molecule is CC(C)(C)CC(Cc1cc(F)ccc1Cl)NN. The van der Waals surface area contributed by atoms with Crippen molar-refractivity contribution in [3.8, 4) is 0 Å². The average molecular weight is 259 g/mol. The molecule has 0 heterocycles. The quantitative estimate of drug-likeness (QED) is 0.643. The molecule has 4 heteroatoms. The highest BCUT2D eigenvalue weighted by atomic mass is 35.5. The second-order valence-corrected chi connectivity index (χ2v) is 5.98. The summed E-state index contributed by atoms with van der Waals surface area (Å²) in [6.45, 7) is 6.43. The van der Waals surface area contributed by atoms with Gasteiger partial charge < -0.3 is 0 Å². The van der Waals surface area contributed by atoms with Crippen LogP contribution in [0.4, 0.5) is 4.39 Å². The van der Waals surface area contributed by atoms with E-state index in [-0.39, 0.29) is 17.3 Å². The zero-order chi connectivity index (χ0) is 13.1. The molecule has 0 saturated heterocycles. The van der Waals surface area contributed by atoms with Gasteiger partial charge in [-0.1, -0.05) is 32.4 Å². The lowest BCUT2D eigenvalue weighted by Crippen LogP contribution is -2.39. The lowest BCUT2D eigenvalue weighted by molar-refractivity contribution is 0.308. The maximum absolute atomic E-state index is 13.1. The van der Waals surface area contributed by atoms with E-state index in [4.69, 9.17) is 17.4 Å². The molecule has 0 aromatic heterocycles. The van der Waals surface area contributed by atoms with E-state index in [1.54, 1.807) is 6.07 Å². The van der Waals surface area contributed by atoms with E-state index < -0.39 is 0 Å². The van der Waals surface area contributed by atoms with Crippen LogP contribution in [0.3, 0.4) is 0 Å². The van der Waals surface area contributed by atoms with Gasteiger partial charge in [-0.25, -0.2) is 4.39 Å². The average Bonchev–Trinajstić information content (AvgIpc) is 2.20. The fourth-order valence-corrected chi connectivity index (χ4v) is 2.09. The van der Waals surface area contributed by atoms with E-state index >= 15 is 0 Å². The van der Waals surface area contributed by atoms with E-state index in [2.05, 4.69) is 26.2 Å². The first-order valence-electron chi connectivity index (χ1n) is 5.72. The lowest BCUT2D eigenvalue weighted by atomic mass is 9.86. The van der Waals surface area contributed by atoms with E-state index in [1.165, 1.54) is 12.1 Å². The zero-order valence-electron chi connectivity index (χ0n) is 10.6. The van der Waals surface area contributed by atoms with Crippen molar-refractivity contribution in [2.24, 2.45) is 11.3 Å². The van der Waals surface area contributed by atoms with E-state index in [0.29, 0.717) is 11.4 Å². The second kappa shape index (κ2) is 5.80. The van der Waals surface area contributed by atoms with Gasteiger partial charge in [0.1, 0.15) is 5.82 Å². The van der Waals surface area contributed by atoms with Gasteiger partial charge >= 0.3 is 0 Å². The molecule has 96 valence electrons. The largest absolute Gasteiger partial charge is 0.271 e. The van der Waals surface area contributed by atoms with Crippen LogP contribution in [-0.2, 0) is 6.42 Å². The molecule has 1 aromatic carbocycles. The van der Waals surface area contributed by atoms with Crippen molar-refractivity contribution in [2.45, 2.75) is 39.7 Å². The number of hydrazine groups is 1. The molecule has 17 heavy (non-hydrogen) atoms. The molecule has 0 aliphatic heterocycles. The Morgan fingerprint density at radius 3 is 2.59 bits per heavy atom. The molecule has 1 aromatic rings. The van der Waals surface area contributed by atoms with Crippen LogP contribution in [0, 0.1) is 11.2 Å². The number of halogens is 2. The molecule has 0 aliphatic carbocycles. The molecule has 2 nitrogen and oxygen atoms in total. The maximum atomic E-state index is 13.1. The zero-order valence-corrected chi connectivity index (χ0v) is 11.3. The molecular weight excluding hydrogens is 239 g/mol. The summed E-state index contributed by atoms with van der Waals surface area (Å²) in [7, 11) is 0. The topological polar surface area (TPSA) is 38.0 Å². The summed E-state index contributed by atoms with van der Waals surface area (Å²) < 4.78 is 13.1. The highest BCUT2D eigenvalue weighted by Gasteiger charge is 2.19. The molecule has 0 aliphatic rings. The molecule has 0 amide bonds. The van der Waals surface area contributed by atoms with Gasteiger partial charge in [-0.2, -0.15) is 0 Å². The Morgan fingerprint density at radius 2 is 2.06 bits per heavy atom. The van der Waals surface area contributed by atoms with E-state index in [1.807, 2.05) is 0 Å². The summed E-state index contributed by atoms with van der Waals surface area (Å²) in [6.07, 6.45) is 1.53. The Labute approximate surface area is 107 Å². The van der Waals surface area contributed by atoms with Gasteiger partial charge in [-0.05, 0) is 42.0 Å². The van der Waals surface area contributed by atoms with Gasteiger partial charge in [0.25, 0.3) is 0 Å². The standard InChI is InChI=1S/C13H20ClFN2/c1-13(2,3)8-11(17-16)7-9-6-10(15)4-5-12(9)14/h4-6,11,17H,7-8,16H2,1-3H3. The summed E-state index contributed by atoms with van der Waals surface area (Å²) in [5, 5.41) is 0.584. The van der Waals surface area contributed by atoms with Crippen LogP contribution in [0.5, 0.6) is 0 Å². The second-order valence-electron chi connectivity index (χ2n) is 5.57. The molecule has 1 atom stereocenters. The molecule has 0 spiro atoms. The molecule has 3 N–H and O–H groups in total. The minimum atomic E-state index is -0.268. The van der Waals surface area contributed by atoms with Crippen molar-refractivity contribution >= 4 is 11.6 Å². The smallest absolute Gasteiger partial charge is 0.123 e. The van der Waals surface area contributed by atoms with Crippen molar-refractivity contribution < 1.29 is 4.39 Å². The first-order valence-corrected chi connectivity index (χ1v) is 6.09. The monoisotopic (exact) mass is 258 g/mol. The van der Waals surface area contributed by atoms with Crippen LogP contribution >= 0.6 is 11.6 Å². The van der Waals surface area contributed by atoms with Gasteiger partial charge in [0.15, 0.2) is 0 Å². The Balaban J connectivity index is 2.77. The highest BCUT2D eigenvalue weighted by Crippen LogP contribution is 2.25. The number of hydrogen-bond acceptors (Lipinski definition) is 2. The van der Waals surface area contributed by atoms with Crippen molar-refractivity contribution in [3.05, 3.63) is 34.6 Å². The molecule has 1 rings (SSSR count). The van der Waals surface area contributed by atoms with Crippen LogP contribution in [0.15, 0.2) is 18.2 Å². The summed E-state index contributed by atoms with van der Waals surface area (Å²) >= 11 is 6.03. The summed E-state index contributed by atoms with van der Waals surface area (Å²) in [5.74, 6) is 5.26. The number of benzene rings is 1. The summed E-state index contributed by atoms with van der Waals surface area (Å²) in [4.78, 5) is 0. The molecule has 0 radical (unpaired) electrons. The third kappa shape index (κ3) is 5.02. The van der Waals surface area contributed by atoms with Crippen molar-refractivity contribution in [1.82, 2.24) is 5.43 Å². The fourth-order valence-electron chi connectivity index (χ4n) is 1.89. The predicted octanol–water partition coefficient (Wildman–Crippen LogP) is 3.29. The summed E-state index contributed by atoms with van der Waals surface area (Å²) in [5.41, 5.74) is 3.73. The van der Waals surface area contributed by atoms with Crippen LogP contribution in [0.2, 0.25) is 5.02 Å². The van der Waals surface area contributed by atoms with Crippen LogP contribution < -0.4 is 11.3 Å². The Morgan fingerprint density at radius 1 is 1.41 bits per heavy atom. The normalized spacial score (nSPS) is 13.8. The van der Waals surface area contributed by atoms with Gasteiger partial charge in [0, 0.05) is 11.1 Å². The van der Waals surface area contributed by atoms with E-state index in [0.717, 1.165) is 12.0 Å². The van der Waals surface area contributed by atoms with Crippen LogP contribution in [0.1, 0.15) is 32.8 Å². The van der Waals surface area contributed by atoms with Crippen molar-refractivity contribution in [3.63, 3.8) is 0 Å². The van der Waals surface area contributed by atoms with Gasteiger partial charge in [-0.3, -0.25) is 11.3 Å². The molecule has 0 saturated carbocycles. The van der Waals surface area contributed by atoms with Gasteiger partial charge in [0.2, 0.25) is 0 Å². The third-order valence-corrected chi connectivity index (χ3v) is 2.94. The molecule has 0 bridgehead atoms. The number of hydrogen-bond donors (Lipinski definition) is 2. The first-order chi connectivity index (χ1) is 7.81. The molecule has 0 fully saturated rings. The Hall–Kier alpha value is -0.640. The predicted molar refractivity (Wildman–Crippen MR) is 70.3 cm³/mol. The number of rotatable bonds is 4. The fraction of sp³-hybridized carbons (Fsp3) is 0.538. The third-order valence-electron chi connectivity index (χ3n) is 2.57. The lowest BCUT2D eigenvalue weighted by Gasteiger charge is -2.25. The highest BCUT2D eigenvalue weighted by molar-refractivity contribution is 6.31. The van der Waals surface area contributed by atoms with Gasteiger partial charge in [0.05, 0.1) is 0 Å². The Kier molecular flexibility index (Phi) is 4.92. The van der Waals surface area contributed by atoms with Crippen LogP contribution in [-0.4, -0.2) is 6.04 Å². The minimum absolute atomic E-state index is 0.0919. The number of nitrogens with two attached hydrogens (primary N) is 1. The first kappa shape index (κ1) is 14.4. The Bertz CT molecular complexity index is 374. The van der Waals surface area contributed by atoms with Gasteiger partial charge in [-0.15, -0.1) is 0 Å². The van der Waals surface area contributed by atoms with E-state index in [9.17, 15) is 4.39 Å². The summed E-state index contributed by atoms with van der Waals surface area (Å²) in [6, 6.07) is 4.50.